The molecule has 24 heavy (non-hydrogen) atoms. The summed E-state index contributed by atoms with van der Waals surface area (Å²) >= 11 is 1.45. The van der Waals surface area contributed by atoms with Crippen LogP contribution in [0, 0.1) is 0 Å². The molecule has 1 heterocycles. The molecular weight excluding hydrogens is 320 g/mol. The number of benzene rings is 2. The summed E-state index contributed by atoms with van der Waals surface area (Å²) < 4.78 is 5.15. The summed E-state index contributed by atoms with van der Waals surface area (Å²) in [5.74, 6) is 0.632. The van der Waals surface area contributed by atoms with Crippen LogP contribution in [0.1, 0.15) is 29.0 Å². The van der Waals surface area contributed by atoms with Gasteiger partial charge in [0.2, 0.25) is 0 Å². The predicted molar refractivity (Wildman–Crippen MR) is 96.4 cm³/mol. The zero-order chi connectivity index (χ0) is 16.9. The van der Waals surface area contributed by atoms with Crippen molar-refractivity contribution in [2.75, 3.05) is 7.11 Å². The molecule has 1 unspecified atom stereocenters. The number of nitrogens with one attached hydrogen (secondary N) is 1. The van der Waals surface area contributed by atoms with Gasteiger partial charge in [-0.05, 0) is 36.8 Å². The molecule has 0 aliphatic rings. The zero-order valence-electron chi connectivity index (χ0n) is 13.5. The first-order chi connectivity index (χ1) is 11.7. The highest BCUT2D eigenvalue weighted by molar-refractivity contribution is 7.13. The van der Waals surface area contributed by atoms with Gasteiger partial charge in [0.15, 0.2) is 0 Å². The molecule has 3 aromatic rings. The Bertz CT molecular complexity index is 813. The quantitative estimate of drug-likeness (QED) is 0.754. The Kier molecular flexibility index (Phi) is 4.91. The molecular formula is C19H18N2O2S. The lowest BCUT2D eigenvalue weighted by molar-refractivity contribution is 0.0935. The Morgan fingerprint density at radius 3 is 2.50 bits per heavy atom. The van der Waals surface area contributed by atoms with Gasteiger partial charge in [-0.2, -0.15) is 0 Å². The number of hydrogen-bond acceptors (Lipinski definition) is 4. The molecule has 3 rings (SSSR count). The molecule has 122 valence electrons. The third kappa shape index (κ3) is 3.63. The fourth-order valence-electron chi connectivity index (χ4n) is 2.34. The lowest BCUT2D eigenvalue weighted by Gasteiger charge is -2.13. The van der Waals surface area contributed by atoms with Gasteiger partial charge in [0, 0.05) is 10.9 Å². The van der Waals surface area contributed by atoms with Gasteiger partial charge in [0.1, 0.15) is 16.5 Å². The van der Waals surface area contributed by atoms with Gasteiger partial charge in [0.25, 0.3) is 5.91 Å². The molecule has 0 radical (unpaired) electrons. The van der Waals surface area contributed by atoms with Crippen molar-refractivity contribution in [3.63, 3.8) is 0 Å². The molecule has 2 aromatic carbocycles. The minimum absolute atomic E-state index is 0.0650. The van der Waals surface area contributed by atoms with E-state index >= 15 is 0 Å². The summed E-state index contributed by atoms with van der Waals surface area (Å²) in [6.45, 7) is 1.96. The highest BCUT2D eigenvalue weighted by Crippen LogP contribution is 2.26. The molecule has 0 saturated heterocycles. The van der Waals surface area contributed by atoms with Gasteiger partial charge in [-0.25, -0.2) is 4.98 Å². The first-order valence-corrected chi connectivity index (χ1v) is 8.51. The number of carbonyl (C=O) groups excluding carboxylic acids is 1. The molecule has 0 aliphatic heterocycles. The average molecular weight is 338 g/mol. The summed E-state index contributed by atoms with van der Waals surface area (Å²) in [4.78, 5) is 16.8. The smallest absolute Gasteiger partial charge is 0.271 e. The number of amides is 1. The first-order valence-electron chi connectivity index (χ1n) is 7.63. The Hall–Kier alpha value is -2.66. The van der Waals surface area contributed by atoms with Crippen molar-refractivity contribution in [2.45, 2.75) is 13.0 Å². The number of thiazole rings is 1. The molecule has 1 N–H and O–H groups in total. The highest BCUT2D eigenvalue weighted by Gasteiger charge is 2.15. The van der Waals surface area contributed by atoms with Crippen molar-refractivity contribution in [3.8, 4) is 16.3 Å². The van der Waals surface area contributed by atoms with Crippen LogP contribution < -0.4 is 10.1 Å². The first kappa shape index (κ1) is 16.2. The predicted octanol–water partition coefficient (Wildman–Crippen LogP) is 4.31. The van der Waals surface area contributed by atoms with E-state index in [0.29, 0.717) is 5.69 Å². The lowest BCUT2D eigenvalue weighted by atomic mass is 10.1. The van der Waals surface area contributed by atoms with E-state index in [4.69, 9.17) is 4.74 Å². The van der Waals surface area contributed by atoms with Gasteiger partial charge >= 0.3 is 0 Å². The van der Waals surface area contributed by atoms with Crippen LogP contribution in [-0.4, -0.2) is 18.0 Å². The van der Waals surface area contributed by atoms with Crippen molar-refractivity contribution in [3.05, 3.63) is 71.2 Å². The third-order valence-corrected chi connectivity index (χ3v) is 4.61. The second kappa shape index (κ2) is 7.27. The van der Waals surface area contributed by atoms with E-state index in [1.807, 2.05) is 61.5 Å². The summed E-state index contributed by atoms with van der Waals surface area (Å²) in [6, 6.07) is 17.4. The second-order valence-corrected chi connectivity index (χ2v) is 6.23. The van der Waals surface area contributed by atoms with Crippen LogP contribution in [0.15, 0.2) is 60.0 Å². The van der Waals surface area contributed by atoms with E-state index in [1.165, 1.54) is 11.3 Å². The average Bonchev–Trinajstić information content (AvgIpc) is 3.13. The van der Waals surface area contributed by atoms with Crippen molar-refractivity contribution in [1.29, 1.82) is 0 Å². The van der Waals surface area contributed by atoms with Gasteiger partial charge in [-0.1, -0.05) is 30.3 Å². The number of hydrogen-bond donors (Lipinski definition) is 1. The maximum atomic E-state index is 12.4. The third-order valence-electron chi connectivity index (χ3n) is 3.72. The standard InChI is InChI=1S/C19H18N2O2S/c1-13(14-6-4-3-5-7-14)20-18(22)17-12-24-19(21-17)15-8-10-16(23-2)11-9-15/h3-13H,1-2H3,(H,20,22). The highest BCUT2D eigenvalue weighted by atomic mass is 32.1. The number of rotatable bonds is 5. The van der Waals surface area contributed by atoms with Crippen molar-refractivity contribution in [2.24, 2.45) is 0 Å². The molecule has 1 aromatic heterocycles. The molecule has 0 aliphatic carbocycles. The van der Waals surface area contributed by atoms with Crippen LogP contribution in [0.4, 0.5) is 0 Å². The maximum absolute atomic E-state index is 12.4. The number of carbonyl (C=O) groups is 1. The molecule has 1 amide bonds. The van der Waals surface area contributed by atoms with Gasteiger partial charge in [0.05, 0.1) is 13.2 Å². The minimum atomic E-state index is -0.164. The lowest BCUT2D eigenvalue weighted by Crippen LogP contribution is -2.26. The van der Waals surface area contributed by atoms with Crippen LogP contribution in [0.5, 0.6) is 5.75 Å². The number of methoxy groups -OCH3 is 1. The van der Waals surface area contributed by atoms with E-state index < -0.39 is 0 Å². The minimum Gasteiger partial charge on any atom is -0.497 e. The molecule has 0 saturated carbocycles. The normalized spacial score (nSPS) is 11.8. The fraction of sp³-hybridized carbons (Fsp3) is 0.158. The van der Waals surface area contributed by atoms with Crippen LogP contribution in [0.3, 0.4) is 0 Å². The van der Waals surface area contributed by atoms with E-state index in [2.05, 4.69) is 10.3 Å². The summed E-state index contributed by atoms with van der Waals surface area (Å²) in [5.41, 5.74) is 2.47. The van der Waals surface area contributed by atoms with Crippen LogP contribution >= 0.6 is 11.3 Å². The summed E-state index contributed by atoms with van der Waals surface area (Å²) in [7, 11) is 1.63. The van der Waals surface area contributed by atoms with Crippen LogP contribution in [-0.2, 0) is 0 Å². The molecule has 0 spiro atoms. The molecule has 5 heteroatoms. The topological polar surface area (TPSA) is 51.2 Å². The molecule has 4 nitrogen and oxygen atoms in total. The number of aromatic nitrogens is 1. The van der Waals surface area contributed by atoms with E-state index in [1.54, 1.807) is 12.5 Å². The molecule has 0 bridgehead atoms. The monoisotopic (exact) mass is 338 g/mol. The van der Waals surface area contributed by atoms with E-state index in [9.17, 15) is 4.79 Å². The Morgan fingerprint density at radius 2 is 1.83 bits per heavy atom. The largest absolute Gasteiger partial charge is 0.497 e. The van der Waals surface area contributed by atoms with E-state index in [-0.39, 0.29) is 11.9 Å². The van der Waals surface area contributed by atoms with Crippen molar-refractivity contribution in [1.82, 2.24) is 10.3 Å². The van der Waals surface area contributed by atoms with Crippen molar-refractivity contribution >= 4 is 17.2 Å². The zero-order valence-corrected chi connectivity index (χ0v) is 14.3. The summed E-state index contributed by atoms with van der Waals surface area (Å²) in [5, 5.41) is 5.58. The second-order valence-electron chi connectivity index (χ2n) is 5.37. The van der Waals surface area contributed by atoms with Gasteiger partial charge in [-0.15, -0.1) is 11.3 Å². The molecule has 1 atom stereocenters. The Labute approximate surface area is 145 Å². The fourth-order valence-corrected chi connectivity index (χ4v) is 3.15. The van der Waals surface area contributed by atoms with Gasteiger partial charge < -0.3 is 10.1 Å². The van der Waals surface area contributed by atoms with Crippen molar-refractivity contribution < 1.29 is 9.53 Å². The van der Waals surface area contributed by atoms with E-state index in [0.717, 1.165) is 21.9 Å². The SMILES string of the molecule is COc1ccc(-c2nc(C(=O)NC(C)c3ccccc3)cs2)cc1. The Morgan fingerprint density at radius 1 is 1.12 bits per heavy atom. The number of ether oxygens (including phenoxy) is 1. The Balaban J connectivity index is 1.71. The molecule has 0 fully saturated rings. The number of nitrogens with zero attached hydrogens (tertiary/aromatic N) is 1. The maximum Gasteiger partial charge on any atom is 0.271 e. The summed E-state index contributed by atoms with van der Waals surface area (Å²) in [6.07, 6.45) is 0. The van der Waals surface area contributed by atoms with Crippen LogP contribution in [0.25, 0.3) is 10.6 Å². The van der Waals surface area contributed by atoms with Crippen LogP contribution in [0.2, 0.25) is 0 Å². The van der Waals surface area contributed by atoms with Gasteiger partial charge in [-0.3, -0.25) is 4.79 Å².